The summed E-state index contributed by atoms with van der Waals surface area (Å²) in [5.41, 5.74) is 0.805. The van der Waals surface area contributed by atoms with Gasteiger partial charge in [-0.15, -0.1) is 0 Å². The van der Waals surface area contributed by atoms with Gasteiger partial charge in [-0.25, -0.2) is 0 Å². The number of nitro benzene ring substituents is 1. The van der Waals surface area contributed by atoms with Crippen LogP contribution in [0, 0.1) is 10.1 Å². The second kappa shape index (κ2) is 6.45. The van der Waals surface area contributed by atoms with E-state index in [9.17, 15) is 10.1 Å². The van der Waals surface area contributed by atoms with Gasteiger partial charge in [0.05, 0.1) is 11.5 Å². The van der Waals surface area contributed by atoms with Gasteiger partial charge < -0.3 is 4.52 Å². The van der Waals surface area contributed by atoms with Crippen molar-refractivity contribution in [3.63, 3.8) is 0 Å². The zero-order valence-electron chi connectivity index (χ0n) is 14.1. The minimum absolute atomic E-state index is 0.0140. The number of non-ortho nitro benzene ring substituents is 1. The van der Waals surface area contributed by atoms with E-state index in [-0.39, 0.29) is 22.1 Å². The number of nitro groups is 1. The van der Waals surface area contributed by atoms with Crippen molar-refractivity contribution in [3.05, 3.63) is 51.7 Å². The molecule has 0 aliphatic rings. The second-order valence-corrected chi connectivity index (χ2v) is 6.70. The highest BCUT2D eigenvalue weighted by molar-refractivity contribution is 5.35. The summed E-state index contributed by atoms with van der Waals surface area (Å²) in [6, 6.07) is 6.64. The number of hydrogen-bond acceptors (Lipinski definition) is 6. The Kier molecular flexibility index (Phi) is 4.79. The lowest BCUT2D eigenvalue weighted by Crippen LogP contribution is -2.22. The van der Waals surface area contributed by atoms with Crippen LogP contribution < -0.4 is 0 Å². The summed E-state index contributed by atoms with van der Waals surface area (Å²) in [6.07, 6.45) is 0. The van der Waals surface area contributed by atoms with E-state index < -0.39 is 0 Å². The minimum Gasteiger partial charge on any atom is -0.338 e. The molecule has 0 aliphatic carbocycles. The Morgan fingerprint density at radius 3 is 2.65 bits per heavy atom. The van der Waals surface area contributed by atoms with E-state index in [2.05, 4.69) is 10.1 Å². The molecule has 0 fully saturated rings. The number of benzene rings is 1. The molecule has 1 aromatic heterocycles. The largest absolute Gasteiger partial charge is 0.338 e. The highest BCUT2D eigenvalue weighted by Gasteiger charge is 2.22. The normalized spacial score (nSPS) is 13.3. The number of rotatable bonds is 5. The van der Waals surface area contributed by atoms with Crippen LogP contribution >= 0.6 is 0 Å². The maximum absolute atomic E-state index is 10.9. The Balaban J connectivity index is 2.11. The fourth-order valence-electron chi connectivity index (χ4n) is 2.13. The molecule has 7 heteroatoms. The van der Waals surface area contributed by atoms with Crippen molar-refractivity contribution < 1.29 is 9.45 Å². The molecule has 7 nitrogen and oxygen atoms in total. The van der Waals surface area contributed by atoms with Gasteiger partial charge in [-0.3, -0.25) is 15.0 Å². The first-order valence-corrected chi connectivity index (χ1v) is 7.46. The molecular weight excluding hydrogens is 296 g/mol. The maximum atomic E-state index is 10.9. The zero-order chi connectivity index (χ0) is 17.2. The molecule has 0 saturated carbocycles. The molecule has 2 aromatic rings. The molecule has 0 aliphatic heterocycles. The first-order chi connectivity index (χ1) is 10.7. The van der Waals surface area contributed by atoms with Gasteiger partial charge in [0, 0.05) is 23.6 Å². The van der Waals surface area contributed by atoms with Gasteiger partial charge in [0.25, 0.3) is 5.69 Å². The predicted molar refractivity (Wildman–Crippen MR) is 86.0 cm³/mol. The van der Waals surface area contributed by atoms with E-state index in [1.54, 1.807) is 12.1 Å². The highest BCUT2D eigenvalue weighted by Crippen LogP contribution is 2.25. The quantitative estimate of drug-likeness (QED) is 0.620. The monoisotopic (exact) mass is 318 g/mol. The fourth-order valence-corrected chi connectivity index (χ4v) is 2.13. The van der Waals surface area contributed by atoms with Crippen molar-refractivity contribution in [2.45, 2.75) is 45.7 Å². The van der Waals surface area contributed by atoms with Crippen LogP contribution in [0.5, 0.6) is 0 Å². The number of hydrogen-bond donors (Lipinski definition) is 0. The van der Waals surface area contributed by atoms with Crippen LogP contribution in [-0.4, -0.2) is 27.0 Å². The van der Waals surface area contributed by atoms with E-state index >= 15 is 0 Å². The molecule has 0 radical (unpaired) electrons. The van der Waals surface area contributed by atoms with E-state index in [0.717, 1.165) is 5.56 Å². The van der Waals surface area contributed by atoms with Gasteiger partial charge in [0.15, 0.2) is 5.82 Å². The van der Waals surface area contributed by atoms with Gasteiger partial charge >= 0.3 is 0 Å². The van der Waals surface area contributed by atoms with E-state index in [1.807, 2.05) is 45.7 Å². The molecule has 0 bridgehead atoms. The third-order valence-corrected chi connectivity index (χ3v) is 3.75. The van der Waals surface area contributed by atoms with Crippen LogP contribution in [0.4, 0.5) is 5.69 Å². The molecule has 1 atom stereocenters. The Hall–Kier alpha value is -2.28. The number of aromatic nitrogens is 2. The average Bonchev–Trinajstić information content (AvgIpc) is 2.95. The van der Waals surface area contributed by atoms with E-state index in [0.29, 0.717) is 18.3 Å². The van der Waals surface area contributed by atoms with Crippen LogP contribution in [0.15, 0.2) is 28.8 Å². The topological polar surface area (TPSA) is 85.3 Å². The summed E-state index contributed by atoms with van der Waals surface area (Å²) in [7, 11) is 1.92. The maximum Gasteiger partial charge on any atom is 0.269 e. The van der Waals surface area contributed by atoms with Crippen LogP contribution in [0.25, 0.3) is 0 Å². The standard InChI is InChI=1S/C16H22N4O3/c1-11(12-7-6-8-13(9-12)20(21)22)19(5)10-14-17-15(18-23-14)16(2,3)4/h6-9,11H,10H2,1-5H3/t11-/m0/s1. The number of nitrogens with zero attached hydrogens (tertiary/aromatic N) is 4. The molecular formula is C16H22N4O3. The van der Waals surface area contributed by atoms with Crippen LogP contribution in [0.2, 0.25) is 0 Å². The Morgan fingerprint density at radius 2 is 2.09 bits per heavy atom. The van der Waals surface area contributed by atoms with Crippen LogP contribution in [-0.2, 0) is 12.0 Å². The molecule has 1 heterocycles. The molecule has 0 unspecified atom stereocenters. The van der Waals surface area contributed by atoms with E-state index in [1.165, 1.54) is 6.07 Å². The molecule has 0 amide bonds. The lowest BCUT2D eigenvalue weighted by Gasteiger charge is -2.23. The lowest BCUT2D eigenvalue weighted by atomic mass is 9.96. The Labute approximate surface area is 135 Å². The molecule has 2 rings (SSSR count). The van der Waals surface area contributed by atoms with E-state index in [4.69, 9.17) is 4.52 Å². The molecule has 124 valence electrons. The summed E-state index contributed by atoms with van der Waals surface area (Å²) < 4.78 is 5.30. The molecule has 1 aromatic carbocycles. The second-order valence-electron chi connectivity index (χ2n) is 6.70. The SMILES string of the molecule is C[C@@H](c1cccc([N+](=O)[O-])c1)N(C)Cc1nc(C(C)(C)C)no1. The van der Waals surface area contributed by atoms with Crippen molar-refractivity contribution in [3.8, 4) is 0 Å². The highest BCUT2D eigenvalue weighted by atomic mass is 16.6. The first-order valence-electron chi connectivity index (χ1n) is 7.46. The van der Waals surface area contributed by atoms with Gasteiger partial charge in [-0.1, -0.05) is 38.1 Å². The summed E-state index contributed by atoms with van der Waals surface area (Å²) in [4.78, 5) is 16.9. The fraction of sp³-hybridized carbons (Fsp3) is 0.500. The summed E-state index contributed by atoms with van der Waals surface area (Å²) >= 11 is 0. The van der Waals surface area contributed by atoms with Gasteiger partial charge in [0.2, 0.25) is 5.89 Å². The summed E-state index contributed by atoms with van der Waals surface area (Å²) in [5.74, 6) is 1.21. The van der Waals surface area contributed by atoms with Gasteiger partial charge in [0.1, 0.15) is 0 Å². The van der Waals surface area contributed by atoms with Crippen molar-refractivity contribution in [2.24, 2.45) is 0 Å². The summed E-state index contributed by atoms with van der Waals surface area (Å²) in [5, 5.41) is 14.9. The smallest absolute Gasteiger partial charge is 0.269 e. The first kappa shape index (κ1) is 17.1. The zero-order valence-corrected chi connectivity index (χ0v) is 14.1. The van der Waals surface area contributed by atoms with Crippen LogP contribution in [0.3, 0.4) is 0 Å². The molecule has 0 saturated heterocycles. The molecule has 0 N–H and O–H groups in total. The Morgan fingerprint density at radius 1 is 1.39 bits per heavy atom. The van der Waals surface area contributed by atoms with Gasteiger partial charge in [-0.2, -0.15) is 4.98 Å². The third-order valence-electron chi connectivity index (χ3n) is 3.75. The van der Waals surface area contributed by atoms with Crippen molar-refractivity contribution >= 4 is 5.69 Å². The van der Waals surface area contributed by atoms with Crippen LogP contribution in [0.1, 0.15) is 51.0 Å². The lowest BCUT2D eigenvalue weighted by molar-refractivity contribution is -0.384. The van der Waals surface area contributed by atoms with Crippen molar-refractivity contribution in [2.75, 3.05) is 7.05 Å². The van der Waals surface area contributed by atoms with Crippen molar-refractivity contribution in [1.29, 1.82) is 0 Å². The Bertz CT molecular complexity index is 691. The average molecular weight is 318 g/mol. The van der Waals surface area contributed by atoms with Crippen molar-refractivity contribution in [1.82, 2.24) is 15.0 Å². The molecule has 0 spiro atoms. The summed E-state index contributed by atoms with van der Waals surface area (Å²) in [6.45, 7) is 8.54. The predicted octanol–water partition coefficient (Wildman–Crippen LogP) is 3.47. The minimum atomic E-state index is -0.385. The molecule has 23 heavy (non-hydrogen) atoms. The van der Waals surface area contributed by atoms with Gasteiger partial charge in [-0.05, 0) is 19.5 Å². The third kappa shape index (κ3) is 4.13.